The van der Waals surface area contributed by atoms with Crippen molar-refractivity contribution in [3.05, 3.63) is 115 Å². The van der Waals surface area contributed by atoms with Gasteiger partial charge in [0, 0.05) is 27.5 Å². The molecule has 5 aromatic carbocycles. The van der Waals surface area contributed by atoms with E-state index in [2.05, 4.69) is 36.4 Å². The van der Waals surface area contributed by atoms with E-state index in [1.807, 2.05) is 78.9 Å². The molecule has 2 heterocycles. The molecular weight excluding hydrogens is 430 g/mol. The quantitative estimate of drug-likeness (QED) is 0.275. The van der Waals surface area contributed by atoms with Crippen molar-refractivity contribution in [2.24, 2.45) is 0 Å². The van der Waals surface area contributed by atoms with Gasteiger partial charge in [-0.05, 0) is 29.0 Å². The summed E-state index contributed by atoms with van der Waals surface area (Å²) in [6.07, 6.45) is 0. The molecule has 0 bridgehead atoms. The molecule has 7 rings (SSSR count). The zero-order valence-corrected chi connectivity index (χ0v) is 18.7. The Balaban J connectivity index is 1.53. The lowest BCUT2D eigenvalue weighted by molar-refractivity contribution is 0.669. The van der Waals surface area contributed by atoms with Crippen LogP contribution in [0.1, 0.15) is 0 Å². The molecule has 4 heteroatoms. The summed E-state index contributed by atoms with van der Waals surface area (Å²) in [7, 11) is 0. The Hall–Kier alpha value is -4.83. The zero-order valence-electron chi connectivity index (χ0n) is 18.7. The number of hydrogen-bond donors (Lipinski definition) is 0. The minimum atomic E-state index is 0.624. The molecule has 2 aromatic heterocycles. The van der Waals surface area contributed by atoms with Gasteiger partial charge in [-0.1, -0.05) is 97.1 Å². The summed E-state index contributed by atoms with van der Waals surface area (Å²) in [5.74, 6) is 1.91. The van der Waals surface area contributed by atoms with Gasteiger partial charge in [0.25, 0.3) is 0 Å². The molecule has 0 aliphatic carbocycles. The Kier molecular flexibility index (Phi) is 4.42. The fourth-order valence-corrected chi connectivity index (χ4v) is 4.63. The molecule has 0 amide bonds. The van der Waals surface area contributed by atoms with Gasteiger partial charge in [-0.15, -0.1) is 0 Å². The van der Waals surface area contributed by atoms with Crippen LogP contribution in [0.15, 0.2) is 120 Å². The van der Waals surface area contributed by atoms with Crippen LogP contribution in [0.3, 0.4) is 0 Å². The van der Waals surface area contributed by atoms with Crippen LogP contribution in [0.5, 0.6) is 0 Å². The smallest absolute Gasteiger partial charge is 0.164 e. The van der Waals surface area contributed by atoms with Gasteiger partial charge in [-0.3, -0.25) is 0 Å². The molecule has 7 aromatic rings. The third-order valence-electron chi connectivity index (χ3n) is 6.30. The van der Waals surface area contributed by atoms with Crippen LogP contribution in [0.4, 0.5) is 0 Å². The van der Waals surface area contributed by atoms with E-state index in [-0.39, 0.29) is 0 Å². The first-order valence-electron chi connectivity index (χ1n) is 11.5. The molecular formula is C31H19N3O. The SMILES string of the molecule is c1ccc(-c2nc(-c3ccccc3)nc(-c3cccc4oc5cc6ccccc6cc5c34)n2)cc1. The van der Waals surface area contributed by atoms with E-state index in [9.17, 15) is 0 Å². The average Bonchev–Trinajstić information content (AvgIpc) is 3.30. The van der Waals surface area contributed by atoms with Crippen LogP contribution in [-0.2, 0) is 0 Å². The first-order chi connectivity index (χ1) is 17.3. The number of benzene rings is 5. The fraction of sp³-hybridized carbons (Fsp3) is 0. The summed E-state index contributed by atoms with van der Waals surface area (Å²) in [6, 6.07) is 38.7. The highest BCUT2D eigenvalue weighted by Crippen LogP contribution is 2.38. The van der Waals surface area contributed by atoms with Gasteiger partial charge in [0.1, 0.15) is 11.2 Å². The van der Waals surface area contributed by atoms with Gasteiger partial charge in [0.2, 0.25) is 0 Å². The Labute approximate surface area is 201 Å². The van der Waals surface area contributed by atoms with Crippen LogP contribution in [0, 0.1) is 0 Å². The van der Waals surface area contributed by atoms with Crippen molar-refractivity contribution in [1.82, 2.24) is 15.0 Å². The lowest BCUT2D eigenvalue weighted by atomic mass is 10.0. The lowest BCUT2D eigenvalue weighted by Crippen LogP contribution is -2.00. The monoisotopic (exact) mass is 449 g/mol. The molecule has 0 saturated carbocycles. The van der Waals surface area contributed by atoms with Crippen molar-refractivity contribution in [3.8, 4) is 34.2 Å². The Morgan fingerprint density at radius 1 is 0.457 bits per heavy atom. The van der Waals surface area contributed by atoms with Crippen molar-refractivity contribution in [3.63, 3.8) is 0 Å². The number of furan rings is 1. The lowest BCUT2D eigenvalue weighted by Gasteiger charge is -2.09. The summed E-state index contributed by atoms with van der Waals surface area (Å²) in [6.45, 7) is 0. The molecule has 0 fully saturated rings. The zero-order chi connectivity index (χ0) is 23.2. The summed E-state index contributed by atoms with van der Waals surface area (Å²) in [5.41, 5.74) is 4.49. The maximum absolute atomic E-state index is 6.28. The van der Waals surface area contributed by atoms with Crippen LogP contribution in [0.2, 0.25) is 0 Å². The standard InChI is InChI=1S/C31H19N3O/c1-3-10-20(11-4-1)29-32-30(21-12-5-2-6-13-21)34-31(33-29)24-16-9-17-26-28(24)25-18-22-14-7-8-15-23(22)19-27(25)35-26/h1-19H. The summed E-state index contributed by atoms with van der Waals surface area (Å²) in [4.78, 5) is 14.7. The highest BCUT2D eigenvalue weighted by molar-refractivity contribution is 6.15. The predicted molar refractivity (Wildman–Crippen MR) is 141 cm³/mol. The molecule has 0 saturated heterocycles. The molecule has 0 N–H and O–H groups in total. The van der Waals surface area contributed by atoms with Gasteiger partial charge >= 0.3 is 0 Å². The summed E-state index contributed by atoms with van der Waals surface area (Å²) >= 11 is 0. The molecule has 0 aliphatic rings. The van der Waals surface area contributed by atoms with Crippen molar-refractivity contribution < 1.29 is 4.42 Å². The van der Waals surface area contributed by atoms with E-state index in [1.54, 1.807) is 0 Å². The molecule has 0 atom stereocenters. The van der Waals surface area contributed by atoms with E-state index >= 15 is 0 Å². The first kappa shape index (κ1) is 19.6. The van der Waals surface area contributed by atoms with Gasteiger partial charge in [0.05, 0.1) is 0 Å². The van der Waals surface area contributed by atoms with Crippen LogP contribution < -0.4 is 0 Å². The highest BCUT2D eigenvalue weighted by Gasteiger charge is 2.18. The molecule has 0 spiro atoms. The van der Waals surface area contributed by atoms with Gasteiger partial charge in [0.15, 0.2) is 17.5 Å². The Morgan fingerprint density at radius 2 is 1.03 bits per heavy atom. The van der Waals surface area contributed by atoms with Crippen LogP contribution >= 0.6 is 0 Å². The third-order valence-corrected chi connectivity index (χ3v) is 6.30. The minimum absolute atomic E-state index is 0.624. The van der Waals surface area contributed by atoms with Gasteiger partial charge in [-0.2, -0.15) is 0 Å². The molecule has 0 radical (unpaired) electrons. The van der Waals surface area contributed by atoms with Crippen LogP contribution in [0.25, 0.3) is 66.9 Å². The molecule has 164 valence electrons. The Bertz CT molecular complexity index is 1780. The molecule has 35 heavy (non-hydrogen) atoms. The minimum Gasteiger partial charge on any atom is -0.456 e. The van der Waals surface area contributed by atoms with E-state index in [0.717, 1.165) is 44.0 Å². The van der Waals surface area contributed by atoms with E-state index < -0.39 is 0 Å². The first-order valence-corrected chi connectivity index (χ1v) is 11.5. The number of rotatable bonds is 3. The third kappa shape index (κ3) is 3.35. The number of aromatic nitrogens is 3. The maximum Gasteiger partial charge on any atom is 0.164 e. The summed E-state index contributed by atoms with van der Waals surface area (Å²) in [5, 5.41) is 4.39. The topological polar surface area (TPSA) is 51.8 Å². The second-order valence-electron chi connectivity index (χ2n) is 8.51. The number of hydrogen-bond acceptors (Lipinski definition) is 4. The second-order valence-corrected chi connectivity index (χ2v) is 8.51. The van der Waals surface area contributed by atoms with Crippen molar-refractivity contribution in [2.75, 3.05) is 0 Å². The van der Waals surface area contributed by atoms with Gasteiger partial charge < -0.3 is 4.42 Å². The molecule has 0 aliphatic heterocycles. The van der Waals surface area contributed by atoms with Crippen molar-refractivity contribution in [1.29, 1.82) is 0 Å². The van der Waals surface area contributed by atoms with Crippen LogP contribution in [-0.4, -0.2) is 15.0 Å². The average molecular weight is 450 g/mol. The fourth-order valence-electron chi connectivity index (χ4n) is 4.63. The Morgan fingerprint density at radius 3 is 1.69 bits per heavy atom. The normalized spacial score (nSPS) is 11.4. The van der Waals surface area contributed by atoms with Crippen molar-refractivity contribution in [2.45, 2.75) is 0 Å². The highest BCUT2D eigenvalue weighted by atomic mass is 16.3. The predicted octanol–water partition coefficient (Wildman–Crippen LogP) is 7.93. The largest absolute Gasteiger partial charge is 0.456 e. The number of fused-ring (bicyclic) bond motifs is 4. The summed E-state index contributed by atoms with van der Waals surface area (Å²) < 4.78 is 6.28. The van der Waals surface area contributed by atoms with E-state index in [4.69, 9.17) is 19.4 Å². The van der Waals surface area contributed by atoms with Crippen molar-refractivity contribution >= 4 is 32.7 Å². The van der Waals surface area contributed by atoms with Gasteiger partial charge in [-0.25, -0.2) is 15.0 Å². The van der Waals surface area contributed by atoms with E-state index in [0.29, 0.717) is 17.5 Å². The molecule has 4 nitrogen and oxygen atoms in total. The maximum atomic E-state index is 6.28. The number of nitrogens with zero attached hydrogens (tertiary/aromatic N) is 3. The second kappa shape index (κ2) is 7.89. The molecule has 0 unspecified atom stereocenters. The van der Waals surface area contributed by atoms with E-state index in [1.165, 1.54) is 5.39 Å².